The minimum Gasteiger partial charge on any atom is -0.340 e. The van der Waals surface area contributed by atoms with Crippen molar-refractivity contribution in [2.45, 2.75) is 6.92 Å². The van der Waals surface area contributed by atoms with Gasteiger partial charge < -0.3 is 5.32 Å². The smallest absolute Gasteiger partial charge is 0.142 e. The molecule has 1 N–H and O–H groups in total. The minimum atomic E-state index is 0.717. The Kier molecular flexibility index (Phi) is 3.05. The van der Waals surface area contributed by atoms with Crippen LogP contribution >= 0.6 is 11.6 Å². The fourth-order valence-electron chi connectivity index (χ4n) is 1.96. The number of hydrogen-bond acceptors (Lipinski definition) is 3. The lowest BCUT2D eigenvalue weighted by atomic mass is 10.2. The Bertz CT molecular complexity index is 723. The second-order valence-corrected chi connectivity index (χ2v) is 4.70. The molecule has 1 heterocycles. The normalized spacial score (nSPS) is 10.6. The van der Waals surface area contributed by atoms with E-state index in [-0.39, 0.29) is 0 Å². The van der Waals surface area contributed by atoms with Crippen LogP contribution in [-0.4, -0.2) is 9.97 Å². The summed E-state index contributed by atoms with van der Waals surface area (Å²) in [7, 11) is 0. The Morgan fingerprint density at radius 3 is 2.47 bits per heavy atom. The van der Waals surface area contributed by atoms with Crippen LogP contribution < -0.4 is 5.32 Å². The lowest BCUT2D eigenvalue weighted by molar-refractivity contribution is 1.09. The number of nitrogens with one attached hydrogen (secondary N) is 1. The number of para-hydroxylation sites is 1. The summed E-state index contributed by atoms with van der Waals surface area (Å²) in [6.45, 7) is 1.89. The molecule has 3 aromatic rings. The van der Waals surface area contributed by atoms with Gasteiger partial charge in [-0.05, 0) is 43.3 Å². The average Bonchev–Trinajstić information content (AvgIpc) is 2.41. The van der Waals surface area contributed by atoms with Gasteiger partial charge in [-0.2, -0.15) is 0 Å². The van der Waals surface area contributed by atoms with E-state index < -0.39 is 0 Å². The first-order chi connectivity index (χ1) is 9.22. The largest absolute Gasteiger partial charge is 0.340 e. The standard InChI is InChI=1S/C15H12ClN3/c1-10-17-14-5-3-2-4-13(14)15(18-10)19-12-8-6-11(16)7-9-12/h2-9H,1H3,(H,17,18,19). The van der Waals surface area contributed by atoms with Crippen molar-refractivity contribution < 1.29 is 0 Å². The van der Waals surface area contributed by atoms with Crippen molar-refractivity contribution >= 4 is 34.0 Å². The Morgan fingerprint density at radius 2 is 1.68 bits per heavy atom. The topological polar surface area (TPSA) is 37.8 Å². The molecular formula is C15H12ClN3. The molecule has 0 unspecified atom stereocenters. The minimum absolute atomic E-state index is 0.717. The molecule has 4 heteroatoms. The van der Waals surface area contributed by atoms with E-state index in [4.69, 9.17) is 11.6 Å². The van der Waals surface area contributed by atoms with Crippen molar-refractivity contribution in [3.05, 3.63) is 59.4 Å². The quantitative estimate of drug-likeness (QED) is 0.752. The number of halogens is 1. The highest BCUT2D eigenvalue weighted by atomic mass is 35.5. The molecule has 0 amide bonds. The van der Waals surface area contributed by atoms with Crippen molar-refractivity contribution in [1.29, 1.82) is 0 Å². The molecule has 0 radical (unpaired) electrons. The van der Waals surface area contributed by atoms with Crippen molar-refractivity contribution in [2.75, 3.05) is 5.32 Å². The van der Waals surface area contributed by atoms with Gasteiger partial charge in [0.25, 0.3) is 0 Å². The van der Waals surface area contributed by atoms with Crippen LogP contribution in [0.1, 0.15) is 5.82 Å². The summed E-state index contributed by atoms with van der Waals surface area (Å²) in [5.41, 5.74) is 1.89. The average molecular weight is 270 g/mol. The van der Waals surface area contributed by atoms with Crippen LogP contribution in [0, 0.1) is 6.92 Å². The number of rotatable bonds is 2. The monoisotopic (exact) mass is 269 g/mol. The number of fused-ring (bicyclic) bond motifs is 1. The summed E-state index contributed by atoms with van der Waals surface area (Å²) in [4.78, 5) is 8.88. The number of benzene rings is 2. The maximum Gasteiger partial charge on any atom is 0.142 e. The van der Waals surface area contributed by atoms with Crippen LogP contribution in [-0.2, 0) is 0 Å². The number of nitrogens with zero attached hydrogens (tertiary/aromatic N) is 2. The van der Waals surface area contributed by atoms with Gasteiger partial charge in [-0.25, -0.2) is 9.97 Å². The van der Waals surface area contributed by atoms with E-state index in [2.05, 4.69) is 15.3 Å². The molecule has 19 heavy (non-hydrogen) atoms. The Hall–Kier alpha value is -2.13. The van der Waals surface area contributed by atoms with Crippen LogP contribution in [0.5, 0.6) is 0 Å². The summed E-state index contributed by atoms with van der Waals surface area (Å²) < 4.78 is 0. The zero-order valence-corrected chi connectivity index (χ0v) is 11.1. The molecule has 3 nitrogen and oxygen atoms in total. The van der Waals surface area contributed by atoms with Gasteiger partial charge in [0, 0.05) is 16.1 Å². The molecule has 0 saturated carbocycles. The third kappa shape index (κ3) is 2.51. The summed E-state index contributed by atoms with van der Waals surface area (Å²) in [6.07, 6.45) is 0. The summed E-state index contributed by atoms with van der Waals surface area (Å²) in [5, 5.41) is 5.02. The second kappa shape index (κ2) is 4.86. The lowest BCUT2D eigenvalue weighted by Gasteiger charge is -2.09. The molecule has 0 fully saturated rings. The first-order valence-electron chi connectivity index (χ1n) is 5.98. The van der Waals surface area contributed by atoms with E-state index in [0.717, 1.165) is 28.2 Å². The van der Waals surface area contributed by atoms with Crippen LogP contribution in [0.2, 0.25) is 5.02 Å². The fourth-order valence-corrected chi connectivity index (χ4v) is 2.08. The van der Waals surface area contributed by atoms with Gasteiger partial charge in [-0.3, -0.25) is 0 Å². The zero-order chi connectivity index (χ0) is 13.2. The molecule has 0 spiro atoms. The molecule has 0 atom stereocenters. The van der Waals surface area contributed by atoms with Gasteiger partial charge in [-0.15, -0.1) is 0 Å². The van der Waals surface area contributed by atoms with Crippen molar-refractivity contribution in [1.82, 2.24) is 9.97 Å². The first-order valence-corrected chi connectivity index (χ1v) is 6.36. The molecule has 0 aliphatic rings. The number of aromatic nitrogens is 2. The van der Waals surface area contributed by atoms with Gasteiger partial charge >= 0.3 is 0 Å². The van der Waals surface area contributed by atoms with Crippen molar-refractivity contribution in [3.8, 4) is 0 Å². The molecule has 2 aromatic carbocycles. The lowest BCUT2D eigenvalue weighted by Crippen LogP contribution is -1.98. The van der Waals surface area contributed by atoms with E-state index in [9.17, 15) is 0 Å². The van der Waals surface area contributed by atoms with Gasteiger partial charge in [0.1, 0.15) is 11.6 Å². The van der Waals surface area contributed by atoms with E-state index >= 15 is 0 Å². The molecular weight excluding hydrogens is 258 g/mol. The second-order valence-electron chi connectivity index (χ2n) is 4.27. The molecule has 0 bridgehead atoms. The van der Waals surface area contributed by atoms with Crippen molar-refractivity contribution in [3.63, 3.8) is 0 Å². The van der Waals surface area contributed by atoms with Gasteiger partial charge in [0.15, 0.2) is 0 Å². The van der Waals surface area contributed by atoms with Gasteiger partial charge in [-0.1, -0.05) is 23.7 Å². The highest BCUT2D eigenvalue weighted by Crippen LogP contribution is 2.24. The van der Waals surface area contributed by atoms with Crippen LogP contribution in [0.25, 0.3) is 10.9 Å². The van der Waals surface area contributed by atoms with E-state index in [1.165, 1.54) is 0 Å². The number of aryl methyl sites for hydroxylation is 1. The van der Waals surface area contributed by atoms with E-state index in [0.29, 0.717) is 5.02 Å². The van der Waals surface area contributed by atoms with Crippen LogP contribution in [0.3, 0.4) is 0 Å². The maximum absolute atomic E-state index is 5.88. The third-order valence-electron chi connectivity index (χ3n) is 2.82. The van der Waals surface area contributed by atoms with Crippen LogP contribution in [0.4, 0.5) is 11.5 Å². The van der Waals surface area contributed by atoms with Gasteiger partial charge in [0.05, 0.1) is 5.52 Å². The molecule has 1 aromatic heterocycles. The van der Waals surface area contributed by atoms with Crippen molar-refractivity contribution in [2.24, 2.45) is 0 Å². The number of hydrogen-bond donors (Lipinski definition) is 1. The zero-order valence-electron chi connectivity index (χ0n) is 10.4. The highest BCUT2D eigenvalue weighted by Gasteiger charge is 2.05. The maximum atomic E-state index is 5.88. The fraction of sp³-hybridized carbons (Fsp3) is 0.0667. The molecule has 0 aliphatic carbocycles. The predicted octanol–water partition coefficient (Wildman–Crippen LogP) is 4.34. The molecule has 0 saturated heterocycles. The summed E-state index contributed by atoms with van der Waals surface area (Å²) >= 11 is 5.88. The molecule has 94 valence electrons. The highest BCUT2D eigenvalue weighted by molar-refractivity contribution is 6.30. The number of anilines is 2. The Balaban J connectivity index is 2.07. The first kappa shape index (κ1) is 11.9. The SMILES string of the molecule is Cc1nc(Nc2ccc(Cl)cc2)c2ccccc2n1. The predicted molar refractivity (Wildman–Crippen MR) is 79.0 cm³/mol. The Labute approximate surface area is 116 Å². The Morgan fingerprint density at radius 1 is 0.947 bits per heavy atom. The van der Waals surface area contributed by atoms with E-state index in [1.54, 1.807) is 0 Å². The summed E-state index contributed by atoms with van der Waals surface area (Å²) in [6, 6.07) is 15.5. The summed E-state index contributed by atoms with van der Waals surface area (Å²) in [5.74, 6) is 1.56. The molecule has 0 aliphatic heterocycles. The van der Waals surface area contributed by atoms with E-state index in [1.807, 2.05) is 55.5 Å². The molecule has 3 rings (SSSR count). The third-order valence-corrected chi connectivity index (χ3v) is 3.07. The van der Waals surface area contributed by atoms with Gasteiger partial charge in [0.2, 0.25) is 0 Å². The van der Waals surface area contributed by atoms with Crippen LogP contribution in [0.15, 0.2) is 48.5 Å².